The third-order valence-corrected chi connectivity index (χ3v) is 5.57. The Morgan fingerprint density at radius 3 is 2.64 bits per heavy atom. The van der Waals surface area contributed by atoms with Crippen LogP contribution >= 0.6 is 0 Å². The van der Waals surface area contributed by atoms with Crippen LogP contribution in [-0.2, 0) is 6.54 Å². The minimum atomic E-state index is -2.71. The lowest BCUT2D eigenvalue weighted by Gasteiger charge is -2.36. The summed E-state index contributed by atoms with van der Waals surface area (Å²) >= 11 is 0. The minimum absolute atomic E-state index is 0.0868. The molecule has 0 radical (unpaired) electrons. The average molecular weight is 463 g/mol. The Hall–Kier alpha value is -3.47. The summed E-state index contributed by atoms with van der Waals surface area (Å²) in [5.74, 6) is -2.55. The Balaban J connectivity index is 1.43. The number of rotatable bonds is 5. The van der Waals surface area contributed by atoms with Gasteiger partial charge < -0.3 is 15.2 Å². The number of benzene rings is 1. The van der Waals surface area contributed by atoms with E-state index >= 15 is 4.39 Å². The van der Waals surface area contributed by atoms with Crippen LogP contribution in [0.3, 0.4) is 0 Å². The average Bonchev–Trinajstić information content (AvgIpc) is 2.80. The van der Waals surface area contributed by atoms with Gasteiger partial charge in [-0.3, -0.25) is 14.5 Å². The lowest BCUT2D eigenvalue weighted by atomic mass is 10.1. The Morgan fingerprint density at radius 2 is 1.97 bits per heavy atom. The highest BCUT2D eigenvalue weighted by molar-refractivity contribution is 5.92. The summed E-state index contributed by atoms with van der Waals surface area (Å²) in [7, 11) is 0. The van der Waals surface area contributed by atoms with Crippen LogP contribution in [0.5, 0.6) is 0 Å². The zero-order valence-corrected chi connectivity index (χ0v) is 17.7. The number of carbonyl (C=O) groups excluding carboxylic acids is 1. The zero-order chi connectivity index (χ0) is 26.2. The number of nitrogens with zero attached hydrogens (tertiary/aromatic N) is 4. The molecule has 0 aliphatic carbocycles. The van der Waals surface area contributed by atoms with Gasteiger partial charge in [-0.1, -0.05) is 6.07 Å². The maximum Gasteiger partial charge on any atom is 0.273 e. The summed E-state index contributed by atoms with van der Waals surface area (Å²) < 4.78 is 64.4. The van der Waals surface area contributed by atoms with E-state index in [1.807, 2.05) is 4.90 Å². The highest BCUT2D eigenvalue weighted by Crippen LogP contribution is 2.23. The molecule has 2 aromatic heterocycles. The topological polar surface area (TPSA) is 94.2 Å². The van der Waals surface area contributed by atoms with Crippen molar-refractivity contribution in [1.29, 1.82) is 0 Å². The van der Waals surface area contributed by atoms with Crippen LogP contribution < -0.4 is 15.8 Å². The largest absolute Gasteiger partial charge is 0.365 e. The zero-order valence-electron chi connectivity index (χ0n) is 20.7. The monoisotopic (exact) mass is 463 g/mol. The number of fused-ring (bicyclic) bond motifs is 1. The molecule has 3 heterocycles. The molecule has 4 rings (SSSR count). The minimum Gasteiger partial charge on any atom is -0.365 e. The molecule has 0 unspecified atom stereocenters. The Morgan fingerprint density at radius 1 is 1.21 bits per heavy atom. The highest BCUT2D eigenvalue weighted by atomic mass is 19.1. The molecular formula is C22H23F3N6O2. The van der Waals surface area contributed by atoms with E-state index in [0.29, 0.717) is 31.7 Å². The van der Waals surface area contributed by atoms with Crippen molar-refractivity contribution in [2.45, 2.75) is 19.6 Å². The second-order valence-electron chi connectivity index (χ2n) is 7.72. The molecule has 1 aromatic carbocycles. The van der Waals surface area contributed by atoms with E-state index in [9.17, 15) is 18.4 Å². The van der Waals surface area contributed by atoms with Crippen LogP contribution in [0.4, 0.5) is 18.9 Å². The Kier molecular flexibility index (Phi) is 5.30. The molecule has 11 heteroatoms. The van der Waals surface area contributed by atoms with E-state index in [0.717, 1.165) is 0 Å². The molecule has 2 N–H and O–H groups in total. The standard InChI is InChI=1S/C22H23F3N6O2/c1-12(23)18-22(33)29-19-14(27-18)4-3-13(17(19)24)11-30-7-9-31(10-8-30)16-6-5-15(21(32)26-2)28-20(16)25/h3-6,12H,7-11H2,1-2H3,(H,26,32)(H,29,33)/t12-/m1/s1/i2D3. The van der Waals surface area contributed by atoms with Crippen LogP contribution in [0.2, 0.25) is 0 Å². The van der Waals surface area contributed by atoms with Gasteiger partial charge >= 0.3 is 0 Å². The second-order valence-corrected chi connectivity index (χ2v) is 7.72. The fourth-order valence-corrected chi connectivity index (χ4v) is 3.81. The number of hydrogen-bond donors (Lipinski definition) is 2. The Labute approximate surface area is 191 Å². The number of pyridine rings is 1. The molecule has 174 valence electrons. The third-order valence-electron chi connectivity index (χ3n) is 5.57. The summed E-state index contributed by atoms with van der Waals surface area (Å²) in [6, 6.07) is 5.68. The smallest absolute Gasteiger partial charge is 0.273 e. The van der Waals surface area contributed by atoms with Gasteiger partial charge in [0, 0.05) is 49.4 Å². The number of aromatic amines is 1. The number of piperazine rings is 1. The molecule has 3 aromatic rings. The molecule has 1 atom stereocenters. The normalized spacial score (nSPS) is 17.3. The van der Waals surface area contributed by atoms with E-state index in [4.69, 9.17) is 4.11 Å². The van der Waals surface area contributed by atoms with Crippen LogP contribution in [0.25, 0.3) is 11.0 Å². The van der Waals surface area contributed by atoms with Gasteiger partial charge in [0.25, 0.3) is 11.5 Å². The summed E-state index contributed by atoms with van der Waals surface area (Å²) in [5.41, 5.74) is -0.877. The summed E-state index contributed by atoms with van der Waals surface area (Å²) in [6.45, 7) is 0.414. The van der Waals surface area contributed by atoms with Gasteiger partial charge in [-0.05, 0) is 25.1 Å². The fraction of sp³-hybridized carbons (Fsp3) is 0.364. The van der Waals surface area contributed by atoms with Gasteiger partial charge in [0.15, 0.2) is 5.82 Å². The maximum absolute atomic E-state index is 15.1. The third kappa shape index (κ3) is 4.54. The van der Waals surface area contributed by atoms with Crippen molar-refractivity contribution >= 4 is 22.6 Å². The van der Waals surface area contributed by atoms with Crippen molar-refractivity contribution in [3.63, 3.8) is 0 Å². The molecule has 0 bridgehead atoms. The van der Waals surface area contributed by atoms with Crippen molar-refractivity contribution in [1.82, 2.24) is 25.2 Å². The van der Waals surface area contributed by atoms with Gasteiger partial charge in [-0.25, -0.2) is 18.7 Å². The number of aromatic nitrogens is 3. The number of alkyl halides is 1. The van der Waals surface area contributed by atoms with Crippen LogP contribution in [0.1, 0.15) is 39.0 Å². The molecule has 0 spiro atoms. The summed E-state index contributed by atoms with van der Waals surface area (Å²) in [6.07, 6.45) is -1.58. The van der Waals surface area contributed by atoms with E-state index < -0.39 is 36.4 Å². The van der Waals surface area contributed by atoms with Crippen molar-refractivity contribution in [2.75, 3.05) is 38.1 Å². The number of hydrogen-bond acceptors (Lipinski definition) is 6. The predicted molar refractivity (Wildman–Crippen MR) is 117 cm³/mol. The summed E-state index contributed by atoms with van der Waals surface area (Å²) in [4.78, 5) is 37.5. The van der Waals surface area contributed by atoms with Gasteiger partial charge in [-0.2, -0.15) is 4.39 Å². The molecule has 8 nitrogen and oxygen atoms in total. The quantitative estimate of drug-likeness (QED) is 0.564. The van der Waals surface area contributed by atoms with Gasteiger partial charge in [0.05, 0.1) is 11.2 Å². The van der Waals surface area contributed by atoms with Crippen LogP contribution in [0.15, 0.2) is 29.1 Å². The van der Waals surface area contributed by atoms with Crippen LogP contribution in [0, 0.1) is 11.8 Å². The SMILES string of the molecule is [2H]C([2H])([2H])NC(=O)c1ccc(N2CCN(Cc3ccc4nc([C@@H](C)F)c(=O)[nH]c4c3F)CC2)c(F)n1. The highest BCUT2D eigenvalue weighted by Gasteiger charge is 2.23. The van der Waals surface area contributed by atoms with Crippen molar-refractivity contribution in [2.24, 2.45) is 0 Å². The number of anilines is 1. The Bertz CT molecular complexity index is 1360. The van der Waals surface area contributed by atoms with Gasteiger partial charge in [0.2, 0.25) is 5.95 Å². The number of halogens is 3. The molecule has 33 heavy (non-hydrogen) atoms. The molecule has 1 aliphatic heterocycles. The van der Waals surface area contributed by atoms with Crippen molar-refractivity contribution < 1.29 is 22.1 Å². The number of carbonyl (C=O) groups is 1. The van der Waals surface area contributed by atoms with E-state index in [1.165, 1.54) is 31.2 Å². The van der Waals surface area contributed by atoms with Gasteiger partial charge in [0.1, 0.15) is 23.1 Å². The molecule has 1 fully saturated rings. The lowest BCUT2D eigenvalue weighted by Crippen LogP contribution is -2.46. The van der Waals surface area contributed by atoms with Crippen LogP contribution in [-0.4, -0.2) is 58.9 Å². The van der Waals surface area contributed by atoms with Crippen molar-refractivity contribution in [3.8, 4) is 0 Å². The van der Waals surface area contributed by atoms with E-state index in [-0.39, 0.29) is 34.7 Å². The number of amides is 1. The van der Waals surface area contributed by atoms with E-state index in [2.05, 4.69) is 15.0 Å². The first-order valence-electron chi connectivity index (χ1n) is 11.7. The molecule has 1 saturated heterocycles. The molecule has 1 amide bonds. The predicted octanol–water partition coefficient (Wildman–Crippen LogP) is 2.31. The fourth-order valence-electron chi connectivity index (χ4n) is 3.81. The number of nitrogens with one attached hydrogen (secondary N) is 2. The van der Waals surface area contributed by atoms with E-state index in [1.54, 1.807) is 10.2 Å². The van der Waals surface area contributed by atoms with Gasteiger partial charge in [-0.15, -0.1) is 0 Å². The maximum atomic E-state index is 15.1. The first-order valence-corrected chi connectivity index (χ1v) is 10.2. The molecule has 0 saturated carbocycles. The lowest BCUT2D eigenvalue weighted by molar-refractivity contribution is 0.0957. The van der Waals surface area contributed by atoms with Crippen molar-refractivity contribution in [3.05, 3.63) is 63.3 Å². The molecule has 1 aliphatic rings. The second kappa shape index (κ2) is 9.18. The first kappa shape index (κ1) is 19.0. The first-order chi connectivity index (χ1) is 16.9. The summed E-state index contributed by atoms with van der Waals surface area (Å²) in [5, 5.41) is 1.76. The molecular weight excluding hydrogens is 437 g/mol. The number of H-pyrrole nitrogens is 1.